The van der Waals surface area contributed by atoms with Crippen molar-refractivity contribution in [1.29, 1.82) is 0 Å². The summed E-state index contributed by atoms with van der Waals surface area (Å²) in [6, 6.07) is 4.95. The van der Waals surface area contributed by atoms with Gasteiger partial charge in [0.15, 0.2) is 0 Å². The van der Waals surface area contributed by atoms with E-state index >= 15 is 0 Å². The number of halogens is 1. The van der Waals surface area contributed by atoms with E-state index < -0.39 is 5.60 Å². The quantitative estimate of drug-likeness (QED) is 0.908. The number of rotatable bonds is 3. The molecule has 0 aliphatic carbocycles. The van der Waals surface area contributed by atoms with Crippen molar-refractivity contribution in [3.05, 3.63) is 35.3 Å². The number of likely N-dealkylation sites (tertiary alicyclic amines) is 1. The van der Waals surface area contributed by atoms with Crippen LogP contribution in [0.4, 0.5) is 4.39 Å². The van der Waals surface area contributed by atoms with Crippen LogP contribution in [0.15, 0.2) is 18.2 Å². The van der Waals surface area contributed by atoms with Gasteiger partial charge in [-0.05, 0) is 49.7 Å². The molecule has 1 aromatic heterocycles. The molecule has 1 unspecified atom stereocenters. The molecule has 1 fully saturated rings. The Labute approximate surface area is 142 Å². The molecule has 2 N–H and O–H groups in total. The van der Waals surface area contributed by atoms with Crippen molar-refractivity contribution in [2.45, 2.75) is 38.3 Å². The summed E-state index contributed by atoms with van der Waals surface area (Å²) >= 11 is 0. The topological polar surface area (TPSA) is 42.5 Å². The SMILES string of the molecule is CCN1CCCC(O)(CN2CCc3[nH]c4ccc(F)cc4c3C2)C1. The maximum Gasteiger partial charge on any atom is 0.123 e. The van der Waals surface area contributed by atoms with Crippen LogP contribution in [-0.4, -0.2) is 58.2 Å². The summed E-state index contributed by atoms with van der Waals surface area (Å²) in [6.45, 7) is 7.42. The number of nitrogens with zero attached hydrogens (tertiary/aromatic N) is 2. The van der Waals surface area contributed by atoms with Crippen molar-refractivity contribution in [3.63, 3.8) is 0 Å². The van der Waals surface area contributed by atoms with E-state index in [1.54, 1.807) is 6.07 Å². The molecule has 4 nitrogen and oxygen atoms in total. The molecule has 24 heavy (non-hydrogen) atoms. The van der Waals surface area contributed by atoms with Crippen LogP contribution in [0.5, 0.6) is 0 Å². The molecule has 3 heterocycles. The van der Waals surface area contributed by atoms with E-state index in [0.717, 1.165) is 62.9 Å². The second-order valence-electron chi connectivity index (χ2n) is 7.43. The summed E-state index contributed by atoms with van der Waals surface area (Å²) in [5.74, 6) is -0.189. The molecule has 2 aromatic rings. The molecule has 1 atom stereocenters. The molecule has 0 spiro atoms. The van der Waals surface area contributed by atoms with Gasteiger partial charge >= 0.3 is 0 Å². The van der Waals surface area contributed by atoms with Crippen LogP contribution in [0.3, 0.4) is 0 Å². The Morgan fingerprint density at radius 3 is 3.00 bits per heavy atom. The molecule has 2 aliphatic rings. The number of fused-ring (bicyclic) bond motifs is 3. The van der Waals surface area contributed by atoms with Crippen LogP contribution < -0.4 is 0 Å². The Morgan fingerprint density at radius 1 is 1.29 bits per heavy atom. The molecule has 1 saturated heterocycles. The number of aromatic amines is 1. The number of nitrogens with one attached hydrogen (secondary N) is 1. The molecule has 1 aromatic carbocycles. The maximum absolute atomic E-state index is 13.6. The maximum atomic E-state index is 13.6. The number of hydrogen-bond acceptors (Lipinski definition) is 3. The first kappa shape index (κ1) is 16.1. The first-order chi connectivity index (χ1) is 11.6. The number of H-pyrrole nitrogens is 1. The van der Waals surface area contributed by atoms with E-state index in [-0.39, 0.29) is 5.82 Å². The molecule has 130 valence electrons. The lowest BCUT2D eigenvalue weighted by molar-refractivity contribution is -0.0543. The highest BCUT2D eigenvalue weighted by Gasteiger charge is 2.35. The van der Waals surface area contributed by atoms with E-state index in [2.05, 4.69) is 21.7 Å². The number of likely N-dealkylation sites (N-methyl/N-ethyl adjacent to an activating group) is 1. The summed E-state index contributed by atoms with van der Waals surface area (Å²) in [5.41, 5.74) is 2.81. The molecule has 0 saturated carbocycles. The lowest BCUT2D eigenvalue weighted by Gasteiger charge is -2.42. The zero-order valence-electron chi connectivity index (χ0n) is 14.3. The summed E-state index contributed by atoms with van der Waals surface area (Å²) < 4.78 is 13.6. The van der Waals surface area contributed by atoms with Crippen LogP contribution >= 0.6 is 0 Å². The monoisotopic (exact) mass is 331 g/mol. The third kappa shape index (κ3) is 2.96. The van der Waals surface area contributed by atoms with Crippen molar-refractivity contribution in [2.24, 2.45) is 0 Å². The van der Waals surface area contributed by atoms with E-state index in [0.29, 0.717) is 6.54 Å². The van der Waals surface area contributed by atoms with Crippen LogP contribution in [0, 0.1) is 5.82 Å². The zero-order chi connectivity index (χ0) is 16.7. The molecule has 4 rings (SSSR count). The Bertz CT molecular complexity index is 744. The Hall–Kier alpha value is -1.43. The molecule has 5 heteroatoms. The molecule has 2 aliphatic heterocycles. The Morgan fingerprint density at radius 2 is 2.17 bits per heavy atom. The largest absolute Gasteiger partial charge is 0.387 e. The predicted octanol–water partition coefficient (Wildman–Crippen LogP) is 2.51. The fourth-order valence-corrected chi connectivity index (χ4v) is 4.40. The fraction of sp³-hybridized carbons (Fsp3) is 0.579. The van der Waals surface area contributed by atoms with Gasteiger partial charge in [0.1, 0.15) is 5.82 Å². The molecular formula is C19H26FN3O. The van der Waals surface area contributed by atoms with Crippen molar-refractivity contribution < 1.29 is 9.50 Å². The number of piperidine rings is 1. The Kier molecular flexibility index (Phi) is 4.11. The second-order valence-corrected chi connectivity index (χ2v) is 7.43. The van der Waals surface area contributed by atoms with Gasteiger partial charge in [-0.1, -0.05) is 6.92 Å². The third-order valence-electron chi connectivity index (χ3n) is 5.62. The van der Waals surface area contributed by atoms with Gasteiger partial charge in [-0.2, -0.15) is 0 Å². The minimum Gasteiger partial charge on any atom is -0.387 e. The highest BCUT2D eigenvalue weighted by Crippen LogP contribution is 2.30. The summed E-state index contributed by atoms with van der Waals surface area (Å²) in [5, 5.41) is 12.0. The average Bonchev–Trinajstić information content (AvgIpc) is 2.92. The van der Waals surface area contributed by atoms with Crippen molar-refractivity contribution in [1.82, 2.24) is 14.8 Å². The standard InChI is InChI=1S/C19H26FN3O/c1-2-22-8-3-7-19(24,12-22)13-23-9-6-18-16(11-23)15-10-14(20)4-5-17(15)21-18/h4-5,10,21,24H,2-3,6-9,11-13H2,1H3. The van der Waals surface area contributed by atoms with Gasteiger partial charge < -0.3 is 15.0 Å². The fourth-order valence-electron chi connectivity index (χ4n) is 4.40. The van der Waals surface area contributed by atoms with Gasteiger partial charge in [-0.25, -0.2) is 4.39 Å². The molecule has 0 bridgehead atoms. The van der Waals surface area contributed by atoms with Crippen LogP contribution in [0.2, 0.25) is 0 Å². The third-order valence-corrected chi connectivity index (χ3v) is 5.62. The summed E-state index contributed by atoms with van der Waals surface area (Å²) in [7, 11) is 0. The van der Waals surface area contributed by atoms with Crippen LogP contribution in [0.25, 0.3) is 10.9 Å². The number of aromatic nitrogens is 1. The van der Waals surface area contributed by atoms with Gasteiger partial charge in [0, 0.05) is 49.2 Å². The highest BCUT2D eigenvalue weighted by atomic mass is 19.1. The van der Waals surface area contributed by atoms with Crippen LogP contribution in [0.1, 0.15) is 31.0 Å². The van der Waals surface area contributed by atoms with Crippen molar-refractivity contribution in [3.8, 4) is 0 Å². The minimum absolute atomic E-state index is 0.189. The lowest BCUT2D eigenvalue weighted by Crippen LogP contribution is -2.54. The molecular weight excluding hydrogens is 305 g/mol. The van der Waals surface area contributed by atoms with E-state index in [9.17, 15) is 9.50 Å². The van der Waals surface area contributed by atoms with Gasteiger partial charge in [0.05, 0.1) is 5.60 Å². The number of aliphatic hydroxyl groups is 1. The van der Waals surface area contributed by atoms with Crippen molar-refractivity contribution in [2.75, 3.05) is 32.7 Å². The average molecular weight is 331 g/mol. The van der Waals surface area contributed by atoms with E-state index in [1.807, 2.05) is 6.07 Å². The minimum atomic E-state index is -0.622. The first-order valence-corrected chi connectivity index (χ1v) is 9.02. The first-order valence-electron chi connectivity index (χ1n) is 9.02. The molecule has 0 amide bonds. The van der Waals surface area contributed by atoms with Crippen molar-refractivity contribution >= 4 is 10.9 Å². The lowest BCUT2D eigenvalue weighted by atomic mass is 9.91. The smallest absolute Gasteiger partial charge is 0.123 e. The van der Waals surface area contributed by atoms with Gasteiger partial charge in [0.2, 0.25) is 0 Å². The highest BCUT2D eigenvalue weighted by molar-refractivity contribution is 5.84. The van der Waals surface area contributed by atoms with Gasteiger partial charge in [-0.3, -0.25) is 4.90 Å². The number of benzene rings is 1. The second kappa shape index (κ2) is 6.14. The van der Waals surface area contributed by atoms with E-state index in [1.165, 1.54) is 17.3 Å². The van der Waals surface area contributed by atoms with Gasteiger partial charge in [-0.15, -0.1) is 0 Å². The van der Waals surface area contributed by atoms with Gasteiger partial charge in [0.25, 0.3) is 0 Å². The predicted molar refractivity (Wildman–Crippen MR) is 93.5 cm³/mol. The normalized spacial score (nSPS) is 26.0. The van der Waals surface area contributed by atoms with Crippen LogP contribution in [-0.2, 0) is 13.0 Å². The summed E-state index contributed by atoms with van der Waals surface area (Å²) in [6.07, 6.45) is 2.86. The summed E-state index contributed by atoms with van der Waals surface area (Å²) in [4.78, 5) is 8.10. The Balaban J connectivity index is 1.53. The zero-order valence-corrected chi connectivity index (χ0v) is 14.3. The molecule has 0 radical (unpaired) electrons. The number of hydrogen-bond donors (Lipinski definition) is 2. The number of β-amino-alcohol motifs (C(OH)–C–C–N with tert-alkyl or cyclic N) is 1. The van der Waals surface area contributed by atoms with E-state index in [4.69, 9.17) is 0 Å².